The molecule has 11 heteroatoms. The fourth-order valence-electron chi connectivity index (χ4n) is 1.19. The number of nitro groups is 1. The molecular formula is C8H8N6O2S3. The minimum atomic E-state index is -0.509. The second kappa shape index (κ2) is 6.12. The summed E-state index contributed by atoms with van der Waals surface area (Å²) in [6, 6.07) is 0. The van der Waals surface area contributed by atoms with E-state index in [4.69, 9.17) is 0 Å². The van der Waals surface area contributed by atoms with Crippen molar-refractivity contribution < 1.29 is 4.92 Å². The van der Waals surface area contributed by atoms with E-state index in [2.05, 4.69) is 25.5 Å². The second-order valence-corrected chi connectivity index (χ2v) is 6.29. The third-order valence-corrected chi connectivity index (χ3v) is 4.90. The molecule has 1 N–H and O–H groups in total. The highest BCUT2D eigenvalue weighted by Crippen LogP contribution is 2.38. The molecule has 2 aromatic heterocycles. The van der Waals surface area contributed by atoms with E-state index in [0.717, 1.165) is 16.1 Å². The van der Waals surface area contributed by atoms with Gasteiger partial charge < -0.3 is 5.32 Å². The first-order chi connectivity index (χ1) is 9.15. The first-order valence-electron chi connectivity index (χ1n) is 4.88. The number of aromatic nitrogens is 4. The average Bonchev–Trinajstić information content (AvgIpc) is 2.85. The van der Waals surface area contributed by atoms with Crippen LogP contribution in [0.4, 0.5) is 11.5 Å². The molecule has 100 valence electrons. The summed E-state index contributed by atoms with van der Waals surface area (Å²) in [5.41, 5.74) is -0.157. The van der Waals surface area contributed by atoms with E-state index < -0.39 is 4.92 Å². The molecule has 0 aromatic carbocycles. The number of nitrogens with zero attached hydrogens (tertiary/aromatic N) is 5. The Morgan fingerprint density at radius 1 is 1.37 bits per heavy atom. The van der Waals surface area contributed by atoms with E-state index in [1.807, 2.05) is 6.26 Å². The van der Waals surface area contributed by atoms with Crippen LogP contribution < -0.4 is 5.32 Å². The van der Waals surface area contributed by atoms with E-state index in [-0.39, 0.29) is 16.5 Å². The molecule has 19 heavy (non-hydrogen) atoms. The molecule has 0 bridgehead atoms. The van der Waals surface area contributed by atoms with Crippen molar-refractivity contribution in [3.8, 4) is 0 Å². The maximum Gasteiger partial charge on any atom is 0.343 e. The van der Waals surface area contributed by atoms with Crippen LogP contribution in [-0.4, -0.2) is 38.4 Å². The van der Waals surface area contributed by atoms with Gasteiger partial charge in [-0.1, -0.05) is 23.1 Å². The highest BCUT2D eigenvalue weighted by Gasteiger charge is 2.24. The summed E-state index contributed by atoms with van der Waals surface area (Å²) in [4.78, 5) is 18.3. The Hall–Kier alpha value is -1.46. The SMILES string of the molecule is CNc1ncnc(Sc2nnc(SC)s2)c1[N+](=O)[O-]. The lowest BCUT2D eigenvalue weighted by Gasteiger charge is -2.03. The van der Waals surface area contributed by atoms with Crippen LogP contribution in [0, 0.1) is 10.1 Å². The maximum atomic E-state index is 11.1. The topological polar surface area (TPSA) is 107 Å². The third-order valence-electron chi connectivity index (χ3n) is 1.95. The van der Waals surface area contributed by atoms with Crippen molar-refractivity contribution in [2.45, 2.75) is 13.7 Å². The monoisotopic (exact) mass is 316 g/mol. The van der Waals surface area contributed by atoms with Gasteiger partial charge in [0.1, 0.15) is 6.33 Å². The lowest BCUT2D eigenvalue weighted by Crippen LogP contribution is -2.02. The van der Waals surface area contributed by atoms with Crippen LogP contribution in [0.25, 0.3) is 0 Å². The van der Waals surface area contributed by atoms with Crippen LogP contribution in [-0.2, 0) is 0 Å². The fourth-order valence-corrected chi connectivity index (χ4v) is 3.61. The zero-order chi connectivity index (χ0) is 13.8. The van der Waals surface area contributed by atoms with Crippen molar-refractivity contribution in [1.29, 1.82) is 0 Å². The van der Waals surface area contributed by atoms with Gasteiger partial charge in [0, 0.05) is 7.05 Å². The smallest absolute Gasteiger partial charge is 0.343 e. The van der Waals surface area contributed by atoms with Gasteiger partial charge in [0.05, 0.1) is 4.92 Å². The van der Waals surface area contributed by atoms with Crippen molar-refractivity contribution in [3.63, 3.8) is 0 Å². The minimum Gasteiger partial charge on any atom is -0.367 e. The number of hydrogen-bond donors (Lipinski definition) is 1. The molecule has 0 unspecified atom stereocenters. The molecule has 0 atom stereocenters. The highest BCUT2D eigenvalue weighted by atomic mass is 32.2. The Morgan fingerprint density at radius 3 is 2.68 bits per heavy atom. The number of rotatable bonds is 5. The molecule has 0 spiro atoms. The Bertz CT molecular complexity index is 604. The van der Waals surface area contributed by atoms with Gasteiger partial charge in [0.15, 0.2) is 13.7 Å². The first-order valence-corrected chi connectivity index (χ1v) is 7.74. The highest BCUT2D eigenvalue weighted by molar-refractivity contribution is 8.03. The number of nitrogens with one attached hydrogen (secondary N) is 1. The van der Waals surface area contributed by atoms with Crippen LogP contribution >= 0.6 is 34.9 Å². The molecule has 2 aromatic rings. The van der Waals surface area contributed by atoms with Gasteiger partial charge in [-0.3, -0.25) is 10.1 Å². The van der Waals surface area contributed by atoms with E-state index in [1.165, 1.54) is 29.4 Å². The summed E-state index contributed by atoms with van der Waals surface area (Å²) in [6.07, 6.45) is 3.17. The maximum absolute atomic E-state index is 11.1. The van der Waals surface area contributed by atoms with Crippen molar-refractivity contribution in [2.24, 2.45) is 0 Å². The van der Waals surface area contributed by atoms with E-state index in [9.17, 15) is 10.1 Å². The van der Waals surface area contributed by atoms with Crippen LogP contribution in [0.1, 0.15) is 0 Å². The average molecular weight is 316 g/mol. The van der Waals surface area contributed by atoms with Crippen molar-refractivity contribution in [2.75, 3.05) is 18.6 Å². The normalized spacial score (nSPS) is 10.4. The van der Waals surface area contributed by atoms with Gasteiger partial charge in [-0.05, 0) is 18.0 Å². The lowest BCUT2D eigenvalue weighted by molar-refractivity contribution is -0.387. The summed E-state index contributed by atoms with van der Waals surface area (Å²) in [6.45, 7) is 0. The van der Waals surface area contributed by atoms with Crippen molar-refractivity contribution >= 4 is 46.4 Å². The Morgan fingerprint density at radius 2 is 2.11 bits per heavy atom. The predicted molar refractivity (Wildman–Crippen MR) is 74.0 cm³/mol. The van der Waals surface area contributed by atoms with Gasteiger partial charge in [0.2, 0.25) is 5.82 Å². The molecule has 0 aliphatic carbocycles. The third kappa shape index (κ3) is 3.11. The van der Waals surface area contributed by atoms with Gasteiger partial charge >= 0.3 is 5.69 Å². The zero-order valence-electron chi connectivity index (χ0n) is 9.85. The quantitative estimate of drug-likeness (QED) is 0.384. The van der Waals surface area contributed by atoms with Gasteiger partial charge in [0.25, 0.3) is 0 Å². The van der Waals surface area contributed by atoms with E-state index in [1.54, 1.807) is 7.05 Å². The predicted octanol–water partition coefficient (Wildman–Crippen LogP) is 2.15. The molecule has 2 rings (SSSR count). The second-order valence-electron chi connectivity index (χ2n) is 3.02. The minimum absolute atomic E-state index is 0.157. The molecule has 8 nitrogen and oxygen atoms in total. The first kappa shape index (κ1) is 14.0. The molecule has 0 aliphatic rings. The molecule has 0 aliphatic heterocycles. The van der Waals surface area contributed by atoms with E-state index >= 15 is 0 Å². The fraction of sp³-hybridized carbons (Fsp3) is 0.250. The van der Waals surface area contributed by atoms with Crippen molar-refractivity contribution in [3.05, 3.63) is 16.4 Å². The van der Waals surface area contributed by atoms with Gasteiger partial charge in [-0.2, -0.15) is 0 Å². The Labute approximate surface area is 120 Å². The van der Waals surface area contributed by atoms with Crippen LogP contribution in [0.3, 0.4) is 0 Å². The molecule has 0 saturated carbocycles. The summed E-state index contributed by atoms with van der Waals surface area (Å²) < 4.78 is 1.40. The molecule has 0 fully saturated rings. The van der Waals surface area contributed by atoms with Gasteiger partial charge in [-0.25, -0.2) is 9.97 Å². The largest absolute Gasteiger partial charge is 0.367 e. The molecule has 0 radical (unpaired) electrons. The standard InChI is InChI=1S/C8H8N6O2S3/c1-9-5-4(14(15)16)6(11-3-10-5)18-8-13-12-7(17-2)19-8/h3H,1-2H3,(H,9,10,11). The van der Waals surface area contributed by atoms with Crippen molar-refractivity contribution in [1.82, 2.24) is 20.2 Å². The van der Waals surface area contributed by atoms with Crippen LogP contribution in [0.5, 0.6) is 0 Å². The molecule has 2 heterocycles. The summed E-state index contributed by atoms with van der Waals surface area (Å²) >= 11 is 3.94. The zero-order valence-corrected chi connectivity index (χ0v) is 12.3. The Kier molecular flexibility index (Phi) is 4.50. The molecular weight excluding hydrogens is 308 g/mol. The Balaban J connectivity index is 2.36. The number of anilines is 1. The van der Waals surface area contributed by atoms with E-state index in [0.29, 0.717) is 4.34 Å². The molecule has 0 amide bonds. The van der Waals surface area contributed by atoms with Crippen LogP contribution in [0.15, 0.2) is 20.0 Å². The lowest BCUT2D eigenvalue weighted by atomic mass is 10.5. The number of hydrogen-bond acceptors (Lipinski definition) is 10. The van der Waals surface area contributed by atoms with Gasteiger partial charge in [-0.15, -0.1) is 10.2 Å². The molecule has 0 saturated heterocycles. The summed E-state index contributed by atoms with van der Waals surface area (Å²) in [5, 5.41) is 21.9. The van der Waals surface area contributed by atoms with Crippen LogP contribution in [0.2, 0.25) is 0 Å². The summed E-state index contributed by atoms with van der Waals surface area (Å²) in [5.74, 6) is 0.178. The number of thioether (sulfide) groups is 1. The summed E-state index contributed by atoms with van der Waals surface area (Å²) in [7, 11) is 1.57.